The van der Waals surface area contributed by atoms with Crippen LogP contribution in [0.1, 0.15) is 50.6 Å². The highest BCUT2D eigenvalue weighted by Gasteiger charge is 2.21. The number of amides is 2. The van der Waals surface area contributed by atoms with Crippen LogP contribution in [0.2, 0.25) is 0 Å². The molecule has 9 nitrogen and oxygen atoms in total. The zero-order valence-electron chi connectivity index (χ0n) is 18.5. The predicted octanol–water partition coefficient (Wildman–Crippen LogP) is 2.70. The number of sulfonamides is 1. The van der Waals surface area contributed by atoms with E-state index in [0.29, 0.717) is 0 Å². The quantitative estimate of drug-likeness (QED) is 0.473. The fourth-order valence-corrected chi connectivity index (χ4v) is 3.87. The summed E-state index contributed by atoms with van der Waals surface area (Å²) in [6.45, 7) is 3.65. The monoisotopic (exact) mass is 481 g/mol. The minimum absolute atomic E-state index is 0.0117. The van der Waals surface area contributed by atoms with Crippen LogP contribution >= 0.6 is 0 Å². The van der Waals surface area contributed by atoms with Crippen LogP contribution < -0.4 is 10.0 Å². The van der Waals surface area contributed by atoms with Gasteiger partial charge in [-0.2, -0.15) is 0 Å². The Labute approximate surface area is 197 Å². The Balaban J connectivity index is 1.68. The first-order chi connectivity index (χ1) is 16.2. The molecule has 0 aliphatic heterocycles. The molecule has 176 valence electrons. The van der Waals surface area contributed by atoms with Crippen molar-refractivity contribution >= 4 is 27.8 Å². The van der Waals surface area contributed by atoms with E-state index in [9.17, 15) is 22.8 Å². The molecule has 0 saturated carbocycles. The molecule has 0 radical (unpaired) electrons. The Bertz CT molecular complexity index is 1290. The van der Waals surface area contributed by atoms with Crippen molar-refractivity contribution in [3.8, 4) is 0 Å². The molecular weight excluding hydrogens is 458 g/mol. The largest absolute Gasteiger partial charge is 0.458 e. The van der Waals surface area contributed by atoms with E-state index in [4.69, 9.17) is 4.74 Å². The maximum absolute atomic E-state index is 12.7. The van der Waals surface area contributed by atoms with Gasteiger partial charge in [0.1, 0.15) is 5.69 Å². The van der Waals surface area contributed by atoms with Crippen molar-refractivity contribution in [1.29, 1.82) is 0 Å². The molecule has 0 aliphatic carbocycles. The summed E-state index contributed by atoms with van der Waals surface area (Å²) < 4.78 is 32.4. The van der Waals surface area contributed by atoms with E-state index < -0.39 is 27.8 Å². The van der Waals surface area contributed by atoms with E-state index >= 15 is 0 Å². The highest BCUT2D eigenvalue weighted by atomic mass is 32.2. The molecule has 3 aromatic rings. The smallest absolute Gasteiger partial charge is 0.357 e. The van der Waals surface area contributed by atoms with E-state index in [1.54, 1.807) is 13.8 Å². The molecule has 0 spiro atoms. The van der Waals surface area contributed by atoms with Crippen LogP contribution in [0.4, 0.5) is 0 Å². The summed E-state index contributed by atoms with van der Waals surface area (Å²) in [5.74, 6) is -2.05. The maximum atomic E-state index is 12.7. The number of hydrogen-bond acceptors (Lipinski definition) is 7. The van der Waals surface area contributed by atoms with Gasteiger partial charge in [0.25, 0.3) is 21.8 Å². The van der Waals surface area contributed by atoms with Crippen molar-refractivity contribution in [2.75, 3.05) is 0 Å². The number of carbonyl (C=O) groups is 3. The number of benzene rings is 2. The zero-order valence-corrected chi connectivity index (χ0v) is 19.3. The lowest BCUT2D eigenvalue weighted by Gasteiger charge is -2.10. The summed E-state index contributed by atoms with van der Waals surface area (Å²) in [7, 11) is -4.27. The minimum atomic E-state index is -4.27. The number of rotatable bonds is 8. The van der Waals surface area contributed by atoms with Crippen molar-refractivity contribution in [3.63, 3.8) is 0 Å². The molecule has 1 heterocycles. The summed E-state index contributed by atoms with van der Waals surface area (Å²) in [5.41, 5.74) is 0.939. The average Bonchev–Trinajstić information content (AvgIpc) is 2.82. The molecule has 0 fully saturated rings. The lowest BCUT2D eigenvalue weighted by Crippen LogP contribution is -2.31. The number of carbonyl (C=O) groups excluding carboxylic acids is 3. The van der Waals surface area contributed by atoms with Gasteiger partial charge in [0, 0.05) is 18.3 Å². The number of nitrogens with one attached hydrogen (secondary N) is 2. The standard InChI is InChI=1S/C24H23N3O6S/c1-16(2)33-24(30)21-12-11-19(15-25-21)23(29)27-34(31,32)20-10-6-9-18(13-20)22(28)26-14-17-7-4-3-5-8-17/h3-13,15-16H,14H2,1-2H3,(H,26,28)(H,27,29). The van der Waals surface area contributed by atoms with Crippen molar-refractivity contribution in [2.24, 2.45) is 0 Å². The van der Waals surface area contributed by atoms with E-state index in [-0.39, 0.29) is 34.4 Å². The SMILES string of the molecule is CC(C)OC(=O)c1ccc(C(=O)NS(=O)(=O)c2cccc(C(=O)NCc3ccccc3)c2)cn1. The molecule has 2 aromatic carbocycles. The lowest BCUT2D eigenvalue weighted by molar-refractivity contribution is 0.0370. The molecule has 10 heteroatoms. The van der Waals surface area contributed by atoms with Crippen LogP contribution in [0.15, 0.2) is 77.8 Å². The first-order valence-electron chi connectivity index (χ1n) is 10.3. The molecule has 0 unspecified atom stereocenters. The van der Waals surface area contributed by atoms with Gasteiger partial charge in [0.15, 0.2) is 0 Å². The molecule has 34 heavy (non-hydrogen) atoms. The normalized spacial score (nSPS) is 11.0. The maximum Gasteiger partial charge on any atom is 0.357 e. The average molecular weight is 482 g/mol. The third kappa shape index (κ3) is 6.48. The second-order valence-electron chi connectivity index (χ2n) is 7.52. The minimum Gasteiger partial charge on any atom is -0.458 e. The van der Waals surface area contributed by atoms with Gasteiger partial charge < -0.3 is 10.1 Å². The number of nitrogens with zero attached hydrogens (tertiary/aromatic N) is 1. The van der Waals surface area contributed by atoms with Crippen molar-refractivity contribution in [2.45, 2.75) is 31.4 Å². The number of hydrogen-bond donors (Lipinski definition) is 2. The highest BCUT2D eigenvalue weighted by Crippen LogP contribution is 2.13. The van der Waals surface area contributed by atoms with Crippen molar-refractivity contribution < 1.29 is 27.5 Å². The van der Waals surface area contributed by atoms with Crippen molar-refractivity contribution in [3.05, 3.63) is 95.3 Å². The molecule has 0 saturated heterocycles. The summed E-state index contributed by atoms with van der Waals surface area (Å²) in [5, 5.41) is 2.72. The molecule has 2 amide bonds. The lowest BCUT2D eigenvalue weighted by atomic mass is 10.2. The summed E-state index contributed by atoms with van der Waals surface area (Å²) >= 11 is 0. The zero-order chi connectivity index (χ0) is 24.7. The first-order valence-corrected chi connectivity index (χ1v) is 11.8. The molecule has 2 N–H and O–H groups in total. The summed E-state index contributed by atoms with van der Waals surface area (Å²) in [6.07, 6.45) is 0.744. The van der Waals surface area contributed by atoms with Crippen molar-refractivity contribution in [1.82, 2.24) is 15.0 Å². The molecule has 3 rings (SSSR count). The van der Waals surface area contributed by atoms with Gasteiger partial charge in [0.05, 0.1) is 16.6 Å². The summed E-state index contributed by atoms with van der Waals surface area (Å²) in [4.78, 5) is 40.4. The van der Waals surface area contributed by atoms with Crippen LogP contribution in [0, 0.1) is 0 Å². The Morgan fingerprint density at radius 2 is 1.65 bits per heavy atom. The van der Waals surface area contributed by atoms with Crippen LogP contribution in [0.3, 0.4) is 0 Å². The Hall–Kier alpha value is -4.05. The van der Waals surface area contributed by atoms with E-state index in [1.807, 2.05) is 35.1 Å². The fraction of sp³-hybridized carbons (Fsp3) is 0.167. The van der Waals surface area contributed by atoms with Gasteiger partial charge in [-0.1, -0.05) is 36.4 Å². The molecular formula is C24H23N3O6S. The second kappa shape index (κ2) is 10.7. The van der Waals surface area contributed by atoms with Gasteiger partial charge in [-0.15, -0.1) is 0 Å². The van der Waals surface area contributed by atoms with Crippen LogP contribution in [-0.2, 0) is 21.3 Å². The van der Waals surface area contributed by atoms with Crippen LogP contribution in [0.25, 0.3) is 0 Å². The van der Waals surface area contributed by atoms with Crippen LogP contribution in [0.5, 0.6) is 0 Å². The summed E-state index contributed by atoms with van der Waals surface area (Å²) in [6, 6.07) is 17.1. The fourth-order valence-electron chi connectivity index (χ4n) is 2.85. The second-order valence-corrected chi connectivity index (χ2v) is 9.20. The van der Waals surface area contributed by atoms with E-state index in [1.165, 1.54) is 36.4 Å². The number of aromatic nitrogens is 1. The Kier molecular flexibility index (Phi) is 7.75. The third-order valence-corrected chi connectivity index (χ3v) is 5.84. The molecule has 0 bridgehead atoms. The van der Waals surface area contributed by atoms with E-state index in [0.717, 1.165) is 11.8 Å². The molecule has 0 atom stereocenters. The van der Waals surface area contributed by atoms with Gasteiger partial charge >= 0.3 is 5.97 Å². The van der Waals surface area contributed by atoms with Gasteiger partial charge in [0.2, 0.25) is 0 Å². The number of ether oxygens (including phenoxy) is 1. The molecule has 0 aliphatic rings. The van der Waals surface area contributed by atoms with Gasteiger partial charge in [-0.3, -0.25) is 9.59 Å². The molecule has 1 aromatic heterocycles. The number of esters is 1. The topological polar surface area (TPSA) is 132 Å². The predicted molar refractivity (Wildman–Crippen MR) is 123 cm³/mol. The van der Waals surface area contributed by atoms with Crippen LogP contribution in [-0.4, -0.2) is 37.3 Å². The van der Waals surface area contributed by atoms with Gasteiger partial charge in [-0.05, 0) is 49.7 Å². The Morgan fingerprint density at radius 1 is 0.912 bits per heavy atom. The Morgan fingerprint density at radius 3 is 2.29 bits per heavy atom. The first kappa shape index (κ1) is 24.6. The van der Waals surface area contributed by atoms with Gasteiger partial charge in [-0.25, -0.2) is 22.9 Å². The third-order valence-electron chi connectivity index (χ3n) is 4.51. The number of pyridine rings is 1. The van der Waals surface area contributed by atoms with E-state index in [2.05, 4.69) is 10.3 Å². The highest BCUT2D eigenvalue weighted by molar-refractivity contribution is 7.90.